The maximum absolute atomic E-state index is 12.5. The molecule has 3 aromatic heterocycles. The highest BCUT2D eigenvalue weighted by atomic mass is 35.5. The molecule has 1 N–H and O–H groups in total. The second-order valence-corrected chi connectivity index (χ2v) is 8.40. The van der Waals surface area contributed by atoms with E-state index in [0.29, 0.717) is 6.54 Å². The number of hydrogen-bond acceptors (Lipinski definition) is 5. The van der Waals surface area contributed by atoms with Gasteiger partial charge in [-0.1, -0.05) is 11.6 Å². The average Bonchev–Trinajstić information content (AvgIpc) is 3.39. The van der Waals surface area contributed by atoms with Gasteiger partial charge in [0.2, 0.25) is 0 Å². The molecular weight excluding hydrogens is 396 g/mol. The summed E-state index contributed by atoms with van der Waals surface area (Å²) in [6.45, 7) is 4.52. The largest absolute Gasteiger partial charge is 0.334 e. The molecule has 146 valence electrons. The first-order valence-electron chi connectivity index (χ1n) is 9.12. The van der Waals surface area contributed by atoms with Crippen molar-refractivity contribution in [2.24, 2.45) is 0 Å². The molecule has 1 fully saturated rings. The molecule has 0 saturated carbocycles. The number of hydrogen-bond donors (Lipinski definition) is 1. The highest BCUT2D eigenvalue weighted by Gasteiger charge is 2.21. The van der Waals surface area contributed by atoms with E-state index in [1.54, 1.807) is 28.4 Å². The molecule has 0 bridgehead atoms. The Labute approximate surface area is 172 Å². The number of piperazine rings is 1. The number of nitrogens with zero attached hydrogens (tertiary/aromatic N) is 5. The number of thiophene rings is 1. The van der Waals surface area contributed by atoms with Gasteiger partial charge in [0.05, 0.1) is 4.34 Å². The van der Waals surface area contributed by atoms with E-state index in [-0.39, 0.29) is 6.03 Å². The van der Waals surface area contributed by atoms with Crippen LogP contribution in [-0.2, 0) is 13.1 Å². The van der Waals surface area contributed by atoms with Crippen molar-refractivity contribution >= 4 is 29.0 Å². The van der Waals surface area contributed by atoms with E-state index in [1.807, 2.05) is 35.4 Å². The second kappa shape index (κ2) is 8.72. The van der Waals surface area contributed by atoms with Gasteiger partial charge in [-0.3, -0.25) is 4.90 Å². The molecule has 28 heavy (non-hydrogen) atoms. The monoisotopic (exact) mass is 416 g/mol. The summed E-state index contributed by atoms with van der Waals surface area (Å²) in [6.07, 6.45) is 5.28. The van der Waals surface area contributed by atoms with E-state index in [0.717, 1.165) is 48.4 Å². The van der Waals surface area contributed by atoms with Crippen molar-refractivity contribution in [2.45, 2.75) is 13.1 Å². The third kappa shape index (κ3) is 4.70. The molecule has 0 unspecified atom stereocenters. The standard InChI is InChI=1S/C19H21ClN6OS/c20-17-3-2-16(28-17)14-24-8-10-25(11-9-24)19(27)22-13-15-4-6-21-18(12-15)26-7-1-5-23-26/h1-7,12H,8-11,13-14H2,(H,22,27). The van der Waals surface area contributed by atoms with Crippen LogP contribution >= 0.6 is 22.9 Å². The summed E-state index contributed by atoms with van der Waals surface area (Å²) < 4.78 is 2.52. The molecule has 4 rings (SSSR count). The fourth-order valence-electron chi connectivity index (χ4n) is 3.16. The van der Waals surface area contributed by atoms with Crippen molar-refractivity contribution in [3.63, 3.8) is 0 Å². The maximum Gasteiger partial charge on any atom is 0.317 e. The molecule has 1 aliphatic heterocycles. The molecule has 3 aromatic rings. The molecular formula is C19H21ClN6OS. The highest BCUT2D eigenvalue weighted by Crippen LogP contribution is 2.23. The fourth-order valence-corrected chi connectivity index (χ4v) is 4.29. The number of rotatable bonds is 5. The smallest absolute Gasteiger partial charge is 0.317 e. The van der Waals surface area contributed by atoms with Gasteiger partial charge in [-0.25, -0.2) is 14.5 Å². The Hall–Kier alpha value is -2.42. The molecule has 0 aliphatic carbocycles. The molecule has 1 saturated heterocycles. The number of halogens is 1. The lowest BCUT2D eigenvalue weighted by Crippen LogP contribution is -2.51. The zero-order valence-electron chi connectivity index (χ0n) is 15.3. The van der Waals surface area contributed by atoms with Crippen LogP contribution in [0.1, 0.15) is 10.4 Å². The molecule has 0 aromatic carbocycles. The summed E-state index contributed by atoms with van der Waals surface area (Å²) in [5.41, 5.74) is 0.988. The average molecular weight is 417 g/mol. The van der Waals surface area contributed by atoms with Crippen LogP contribution in [0.3, 0.4) is 0 Å². The first kappa shape index (κ1) is 18.9. The van der Waals surface area contributed by atoms with Crippen molar-refractivity contribution in [1.82, 2.24) is 29.9 Å². The molecule has 0 spiro atoms. The number of nitrogens with one attached hydrogen (secondary N) is 1. The Balaban J connectivity index is 1.25. The predicted octanol–water partition coefficient (Wildman–Crippen LogP) is 3.01. The molecule has 9 heteroatoms. The summed E-state index contributed by atoms with van der Waals surface area (Å²) in [6, 6.07) is 9.65. The van der Waals surface area contributed by atoms with Gasteiger partial charge >= 0.3 is 6.03 Å². The summed E-state index contributed by atoms with van der Waals surface area (Å²) in [5.74, 6) is 0.735. The van der Waals surface area contributed by atoms with Crippen LogP contribution in [0.25, 0.3) is 5.82 Å². The van der Waals surface area contributed by atoms with Crippen molar-refractivity contribution in [3.8, 4) is 5.82 Å². The molecule has 1 aliphatic rings. The molecule has 0 atom stereocenters. The summed E-state index contributed by atoms with van der Waals surface area (Å²) >= 11 is 7.61. The van der Waals surface area contributed by atoms with Crippen LogP contribution in [-0.4, -0.2) is 56.8 Å². The van der Waals surface area contributed by atoms with Crippen molar-refractivity contribution in [3.05, 3.63) is 63.7 Å². The van der Waals surface area contributed by atoms with E-state index in [2.05, 4.69) is 26.4 Å². The van der Waals surface area contributed by atoms with Gasteiger partial charge in [0.15, 0.2) is 5.82 Å². The van der Waals surface area contributed by atoms with Crippen molar-refractivity contribution in [2.75, 3.05) is 26.2 Å². The van der Waals surface area contributed by atoms with Gasteiger partial charge in [0.1, 0.15) is 0 Å². The lowest BCUT2D eigenvalue weighted by atomic mass is 10.2. The zero-order chi connectivity index (χ0) is 19.3. The topological polar surface area (TPSA) is 66.3 Å². The van der Waals surface area contributed by atoms with Gasteiger partial charge in [-0.2, -0.15) is 5.10 Å². The first-order valence-corrected chi connectivity index (χ1v) is 10.3. The molecule has 7 nitrogen and oxygen atoms in total. The predicted molar refractivity (Wildman–Crippen MR) is 110 cm³/mol. The Kier molecular flexibility index (Phi) is 5.90. The maximum atomic E-state index is 12.5. The Morgan fingerprint density at radius 1 is 1.18 bits per heavy atom. The van der Waals surface area contributed by atoms with Crippen LogP contribution in [0.4, 0.5) is 4.79 Å². The molecule has 2 amide bonds. The number of pyridine rings is 1. The Morgan fingerprint density at radius 3 is 2.75 bits per heavy atom. The van der Waals surface area contributed by atoms with E-state index in [4.69, 9.17) is 11.6 Å². The van der Waals surface area contributed by atoms with E-state index in [9.17, 15) is 4.79 Å². The van der Waals surface area contributed by atoms with E-state index >= 15 is 0 Å². The molecule has 4 heterocycles. The van der Waals surface area contributed by atoms with Gasteiger partial charge < -0.3 is 10.2 Å². The second-order valence-electron chi connectivity index (χ2n) is 6.60. The van der Waals surface area contributed by atoms with Crippen molar-refractivity contribution < 1.29 is 4.79 Å². The summed E-state index contributed by atoms with van der Waals surface area (Å²) in [5, 5.41) is 7.19. The van der Waals surface area contributed by atoms with Gasteiger partial charge in [-0.05, 0) is 35.9 Å². The zero-order valence-corrected chi connectivity index (χ0v) is 16.9. The number of carbonyl (C=O) groups is 1. The minimum absolute atomic E-state index is 0.0312. The third-order valence-corrected chi connectivity index (χ3v) is 5.88. The molecule has 0 radical (unpaired) electrons. The minimum atomic E-state index is -0.0312. The number of urea groups is 1. The summed E-state index contributed by atoms with van der Waals surface area (Å²) in [4.78, 5) is 22.3. The van der Waals surface area contributed by atoms with Crippen LogP contribution in [0.5, 0.6) is 0 Å². The number of carbonyl (C=O) groups excluding carboxylic acids is 1. The normalized spacial score (nSPS) is 15.0. The highest BCUT2D eigenvalue weighted by molar-refractivity contribution is 7.16. The minimum Gasteiger partial charge on any atom is -0.334 e. The quantitative estimate of drug-likeness (QED) is 0.694. The number of aromatic nitrogens is 3. The van der Waals surface area contributed by atoms with Crippen LogP contribution in [0.2, 0.25) is 4.34 Å². The Morgan fingerprint density at radius 2 is 2.04 bits per heavy atom. The van der Waals surface area contributed by atoms with Crippen molar-refractivity contribution in [1.29, 1.82) is 0 Å². The van der Waals surface area contributed by atoms with Crippen LogP contribution in [0, 0.1) is 0 Å². The fraction of sp³-hybridized carbons (Fsp3) is 0.316. The lowest BCUT2D eigenvalue weighted by Gasteiger charge is -2.34. The van der Waals surface area contributed by atoms with Crippen LogP contribution < -0.4 is 5.32 Å². The van der Waals surface area contributed by atoms with E-state index in [1.165, 1.54) is 4.88 Å². The van der Waals surface area contributed by atoms with Gasteiger partial charge in [-0.15, -0.1) is 11.3 Å². The van der Waals surface area contributed by atoms with Gasteiger partial charge in [0, 0.05) is 62.7 Å². The van der Waals surface area contributed by atoms with Crippen LogP contribution in [0.15, 0.2) is 48.9 Å². The SMILES string of the molecule is O=C(NCc1ccnc(-n2cccn2)c1)N1CCN(Cc2ccc(Cl)s2)CC1. The lowest BCUT2D eigenvalue weighted by molar-refractivity contribution is 0.135. The number of amides is 2. The van der Waals surface area contributed by atoms with Gasteiger partial charge in [0.25, 0.3) is 0 Å². The Bertz CT molecular complexity index is 920. The first-order chi connectivity index (χ1) is 13.7. The van der Waals surface area contributed by atoms with E-state index < -0.39 is 0 Å². The summed E-state index contributed by atoms with van der Waals surface area (Å²) in [7, 11) is 0. The third-order valence-electron chi connectivity index (χ3n) is 4.66.